The fourth-order valence-electron chi connectivity index (χ4n) is 2.13. The van der Waals surface area contributed by atoms with E-state index in [0.29, 0.717) is 16.2 Å². The molecule has 0 radical (unpaired) electrons. The summed E-state index contributed by atoms with van der Waals surface area (Å²) in [6.07, 6.45) is 2.09. The molecule has 0 aromatic carbocycles. The molecule has 1 amide bonds. The first-order chi connectivity index (χ1) is 9.24. The molecular formula is C12H20N4O2S. The first-order valence-corrected chi connectivity index (χ1v) is 7.54. The van der Waals surface area contributed by atoms with Crippen molar-refractivity contribution in [2.45, 2.75) is 32.8 Å². The first kappa shape index (κ1) is 14.2. The van der Waals surface area contributed by atoms with Crippen molar-refractivity contribution >= 4 is 22.4 Å². The quantitative estimate of drug-likeness (QED) is 0.889. The lowest BCUT2D eigenvalue weighted by Crippen LogP contribution is -2.40. The average molecular weight is 284 g/mol. The Morgan fingerprint density at radius 1 is 1.42 bits per heavy atom. The summed E-state index contributed by atoms with van der Waals surface area (Å²) in [5.74, 6) is -0.0170. The number of anilines is 1. The normalized spacial score (nSPS) is 16.6. The van der Waals surface area contributed by atoms with Gasteiger partial charge in [0.05, 0.1) is 6.10 Å². The van der Waals surface area contributed by atoms with Crippen LogP contribution in [0, 0.1) is 0 Å². The maximum atomic E-state index is 12.2. The summed E-state index contributed by atoms with van der Waals surface area (Å²) in [6, 6.07) is 0. The van der Waals surface area contributed by atoms with E-state index in [1.54, 1.807) is 0 Å². The zero-order chi connectivity index (χ0) is 13.7. The van der Waals surface area contributed by atoms with Crippen molar-refractivity contribution in [3.63, 3.8) is 0 Å². The van der Waals surface area contributed by atoms with Crippen molar-refractivity contribution in [3.8, 4) is 0 Å². The number of aromatic nitrogens is 2. The molecule has 0 atom stereocenters. The number of ether oxygens (including phenoxy) is 1. The van der Waals surface area contributed by atoms with Crippen LogP contribution in [0.25, 0.3) is 0 Å². The molecule has 1 aromatic rings. The zero-order valence-electron chi connectivity index (χ0n) is 11.4. The number of hydrogen-bond acceptors (Lipinski definition) is 6. The lowest BCUT2D eigenvalue weighted by atomic mass is 10.1. The van der Waals surface area contributed by atoms with Gasteiger partial charge in [-0.2, -0.15) is 0 Å². The fourth-order valence-corrected chi connectivity index (χ4v) is 2.91. The Bertz CT molecular complexity index is 416. The van der Waals surface area contributed by atoms with E-state index in [1.807, 2.05) is 18.7 Å². The van der Waals surface area contributed by atoms with Gasteiger partial charge >= 0.3 is 0 Å². The van der Waals surface area contributed by atoms with Gasteiger partial charge in [0.25, 0.3) is 5.91 Å². The van der Waals surface area contributed by atoms with Crippen LogP contribution in [0.5, 0.6) is 0 Å². The van der Waals surface area contributed by atoms with Crippen LogP contribution in [0.4, 0.5) is 5.13 Å². The number of amides is 1. The summed E-state index contributed by atoms with van der Waals surface area (Å²) < 4.78 is 5.58. The number of likely N-dealkylation sites (tertiary alicyclic amines) is 1. The number of carbonyl (C=O) groups is 1. The van der Waals surface area contributed by atoms with Crippen LogP contribution >= 0.6 is 11.3 Å². The highest BCUT2D eigenvalue weighted by atomic mass is 32.1. The first-order valence-electron chi connectivity index (χ1n) is 6.72. The van der Waals surface area contributed by atoms with E-state index < -0.39 is 0 Å². The summed E-state index contributed by atoms with van der Waals surface area (Å²) in [7, 11) is 0. The highest BCUT2D eigenvalue weighted by Gasteiger charge is 2.25. The third-order valence-electron chi connectivity index (χ3n) is 3.07. The molecule has 0 spiro atoms. The number of nitrogens with one attached hydrogen (secondary N) is 1. The molecule has 7 heteroatoms. The predicted molar refractivity (Wildman–Crippen MR) is 74.6 cm³/mol. The van der Waals surface area contributed by atoms with Gasteiger partial charge in [-0.05, 0) is 26.7 Å². The minimum Gasteiger partial charge on any atom is -0.378 e. The molecule has 19 heavy (non-hydrogen) atoms. The summed E-state index contributed by atoms with van der Waals surface area (Å²) in [4.78, 5) is 14.1. The number of piperidine rings is 1. The summed E-state index contributed by atoms with van der Waals surface area (Å²) in [5, 5.41) is 12.1. The van der Waals surface area contributed by atoms with Gasteiger partial charge in [-0.25, -0.2) is 0 Å². The van der Waals surface area contributed by atoms with Gasteiger partial charge in [-0.15, -0.1) is 10.2 Å². The molecule has 1 aliphatic heterocycles. The molecule has 1 saturated heterocycles. The molecule has 1 aliphatic rings. The third kappa shape index (κ3) is 3.63. The maximum Gasteiger partial charge on any atom is 0.284 e. The van der Waals surface area contributed by atoms with E-state index in [9.17, 15) is 4.79 Å². The lowest BCUT2D eigenvalue weighted by molar-refractivity contribution is 0.0145. The molecule has 0 aliphatic carbocycles. The summed E-state index contributed by atoms with van der Waals surface area (Å²) in [6.45, 7) is 6.98. The molecule has 6 nitrogen and oxygen atoms in total. The van der Waals surface area contributed by atoms with E-state index in [1.165, 1.54) is 11.3 Å². The topological polar surface area (TPSA) is 67.4 Å². The average Bonchev–Trinajstić information content (AvgIpc) is 2.88. The van der Waals surface area contributed by atoms with Crippen LogP contribution in [0.3, 0.4) is 0 Å². The van der Waals surface area contributed by atoms with Crippen molar-refractivity contribution in [1.29, 1.82) is 0 Å². The second-order valence-corrected chi connectivity index (χ2v) is 5.37. The standard InChI is InChI=1S/C12H20N4O2S/c1-3-13-12-15-14-10(19-12)11(17)16-7-5-9(6-8-16)18-4-2/h9H,3-8H2,1-2H3,(H,13,15). The Kier molecular flexibility index (Phi) is 5.09. The van der Waals surface area contributed by atoms with Gasteiger partial charge in [0.1, 0.15) is 0 Å². The minimum atomic E-state index is -0.0170. The second kappa shape index (κ2) is 6.81. The van der Waals surface area contributed by atoms with Gasteiger partial charge in [0, 0.05) is 26.2 Å². The van der Waals surface area contributed by atoms with Gasteiger partial charge in [-0.3, -0.25) is 4.79 Å². The third-order valence-corrected chi connectivity index (χ3v) is 3.94. The van der Waals surface area contributed by atoms with Crippen molar-refractivity contribution in [1.82, 2.24) is 15.1 Å². The summed E-state index contributed by atoms with van der Waals surface area (Å²) in [5.41, 5.74) is 0. The molecule has 1 fully saturated rings. The molecule has 2 rings (SSSR count). The highest BCUT2D eigenvalue weighted by molar-refractivity contribution is 7.17. The van der Waals surface area contributed by atoms with Crippen molar-refractivity contribution in [3.05, 3.63) is 5.01 Å². The molecule has 0 saturated carbocycles. The number of carbonyl (C=O) groups excluding carboxylic acids is 1. The van der Waals surface area contributed by atoms with Crippen molar-refractivity contribution in [2.75, 3.05) is 31.6 Å². The minimum absolute atomic E-state index is 0.0170. The highest BCUT2D eigenvalue weighted by Crippen LogP contribution is 2.20. The van der Waals surface area contributed by atoms with Crippen molar-refractivity contribution < 1.29 is 9.53 Å². The van der Waals surface area contributed by atoms with Gasteiger partial charge in [0.2, 0.25) is 10.1 Å². The maximum absolute atomic E-state index is 12.2. The lowest BCUT2D eigenvalue weighted by Gasteiger charge is -2.31. The van der Waals surface area contributed by atoms with Crippen LogP contribution in [0.2, 0.25) is 0 Å². The molecule has 2 heterocycles. The van der Waals surface area contributed by atoms with Crippen LogP contribution < -0.4 is 5.32 Å². The molecule has 1 aromatic heterocycles. The predicted octanol–water partition coefficient (Wildman–Crippen LogP) is 1.61. The van der Waals surface area contributed by atoms with Crippen molar-refractivity contribution in [2.24, 2.45) is 0 Å². The fraction of sp³-hybridized carbons (Fsp3) is 0.750. The Hall–Kier alpha value is -1.21. The smallest absolute Gasteiger partial charge is 0.284 e. The number of hydrogen-bond donors (Lipinski definition) is 1. The Morgan fingerprint density at radius 3 is 2.79 bits per heavy atom. The second-order valence-electron chi connectivity index (χ2n) is 4.39. The van der Waals surface area contributed by atoms with Gasteiger partial charge in [0.15, 0.2) is 0 Å². The van der Waals surface area contributed by atoms with Crippen LogP contribution in [0.1, 0.15) is 36.5 Å². The SMILES string of the molecule is CCNc1nnc(C(=O)N2CCC(OCC)CC2)s1. The van der Waals surface area contributed by atoms with Crippen LogP contribution in [-0.4, -0.2) is 53.3 Å². The number of nitrogens with zero attached hydrogens (tertiary/aromatic N) is 3. The molecular weight excluding hydrogens is 264 g/mol. The van der Waals surface area contributed by atoms with E-state index >= 15 is 0 Å². The Morgan fingerprint density at radius 2 is 2.16 bits per heavy atom. The molecule has 0 bridgehead atoms. The largest absolute Gasteiger partial charge is 0.378 e. The van der Waals surface area contributed by atoms with E-state index in [4.69, 9.17) is 4.74 Å². The monoisotopic (exact) mass is 284 g/mol. The van der Waals surface area contributed by atoms with Gasteiger partial charge in [-0.1, -0.05) is 11.3 Å². The van der Waals surface area contributed by atoms with E-state index in [0.717, 1.165) is 39.1 Å². The van der Waals surface area contributed by atoms with E-state index in [2.05, 4.69) is 15.5 Å². The molecule has 106 valence electrons. The van der Waals surface area contributed by atoms with Crippen LogP contribution in [-0.2, 0) is 4.74 Å². The molecule has 0 unspecified atom stereocenters. The molecule has 1 N–H and O–H groups in total. The Labute approximate surface area is 117 Å². The van der Waals surface area contributed by atoms with Crippen LogP contribution in [0.15, 0.2) is 0 Å². The zero-order valence-corrected chi connectivity index (χ0v) is 12.2. The summed E-state index contributed by atoms with van der Waals surface area (Å²) >= 11 is 1.31. The number of rotatable bonds is 5. The van der Waals surface area contributed by atoms with E-state index in [-0.39, 0.29) is 5.91 Å². The van der Waals surface area contributed by atoms with Gasteiger partial charge < -0.3 is 15.0 Å². The Balaban J connectivity index is 1.89.